The highest BCUT2D eigenvalue weighted by atomic mass is 19.4. The quantitative estimate of drug-likeness (QED) is 0.900. The molecule has 0 aromatic heterocycles. The van der Waals surface area contributed by atoms with Crippen LogP contribution in [0.2, 0.25) is 0 Å². The summed E-state index contributed by atoms with van der Waals surface area (Å²) in [5.41, 5.74) is 1.07. The van der Waals surface area contributed by atoms with Gasteiger partial charge in [-0.3, -0.25) is 9.59 Å². The van der Waals surface area contributed by atoms with Gasteiger partial charge in [0.15, 0.2) is 0 Å². The van der Waals surface area contributed by atoms with Gasteiger partial charge in [-0.15, -0.1) is 0 Å². The highest BCUT2D eigenvalue weighted by Gasteiger charge is 2.36. The third-order valence-corrected chi connectivity index (χ3v) is 3.56. The molecule has 22 heavy (non-hydrogen) atoms. The third kappa shape index (κ3) is 4.75. The largest absolute Gasteiger partial charge is 0.405 e. The van der Waals surface area contributed by atoms with Crippen LogP contribution < -0.4 is 5.32 Å². The lowest BCUT2D eigenvalue weighted by Crippen LogP contribution is -2.38. The lowest BCUT2D eigenvalue weighted by atomic mass is 10.1. The third-order valence-electron chi connectivity index (χ3n) is 3.56. The summed E-state index contributed by atoms with van der Waals surface area (Å²) >= 11 is 0. The topological polar surface area (TPSA) is 49.4 Å². The van der Waals surface area contributed by atoms with Crippen LogP contribution in [-0.2, 0) is 16.0 Å². The fourth-order valence-corrected chi connectivity index (χ4v) is 2.40. The predicted molar refractivity (Wildman–Crippen MR) is 73.9 cm³/mol. The molecule has 1 unspecified atom stereocenters. The fourth-order valence-electron chi connectivity index (χ4n) is 2.40. The van der Waals surface area contributed by atoms with E-state index < -0.39 is 24.5 Å². The van der Waals surface area contributed by atoms with Crippen LogP contribution in [0.4, 0.5) is 13.2 Å². The van der Waals surface area contributed by atoms with E-state index in [1.807, 2.05) is 35.6 Å². The number of carbonyl (C=O) groups excluding carboxylic acids is 2. The summed E-state index contributed by atoms with van der Waals surface area (Å²) in [5, 5.41) is 1.84. The Morgan fingerprint density at radius 3 is 2.59 bits per heavy atom. The first-order chi connectivity index (χ1) is 10.3. The fraction of sp³-hybridized carbons (Fsp3) is 0.467. The second-order valence-electron chi connectivity index (χ2n) is 5.31. The molecule has 1 saturated heterocycles. The van der Waals surface area contributed by atoms with Gasteiger partial charge >= 0.3 is 6.18 Å². The Balaban J connectivity index is 1.81. The number of hydrogen-bond donors (Lipinski definition) is 1. The van der Waals surface area contributed by atoms with E-state index in [1.165, 1.54) is 4.90 Å². The van der Waals surface area contributed by atoms with Crippen LogP contribution in [0.5, 0.6) is 0 Å². The molecule has 1 aliphatic heterocycles. The van der Waals surface area contributed by atoms with Gasteiger partial charge in [-0.2, -0.15) is 13.2 Å². The van der Waals surface area contributed by atoms with E-state index in [0.29, 0.717) is 13.0 Å². The smallest absolute Gasteiger partial charge is 0.347 e. The highest BCUT2D eigenvalue weighted by molar-refractivity contribution is 5.89. The molecule has 120 valence electrons. The Labute approximate surface area is 126 Å². The lowest BCUT2D eigenvalue weighted by molar-refractivity contribution is -0.140. The van der Waals surface area contributed by atoms with Crippen molar-refractivity contribution in [1.82, 2.24) is 10.2 Å². The molecule has 0 spiro atoms. The van der Waals surface area contributed by atoms with Crippen LogP contribution in [0, 0.1) is 5.92 Å². The van der Waals surface area contributed by atoms with Crippen LogP contribution in [0.1, 0.15) is 12.0 Å². The predicted octanol–water partition coefficient (Wildman–Crippen LogP) is 1.76. The highest BCUT2D eigenvalue weighted by Crippen LogP contribution is 2.19. The minimum atomic E-state index is -4.44. The number of alkyl halides is 3. The van der Waals surface area contributed by atoms with E-state index in [2.05, 4.69) is 0 Å². The maximum absolute atomic E-state index is 12.1. The first-order valence-electron chi connectivity index (χ1n) is 7.01. The zero-order valence-corrected chi connectivity index (χ0v) is 11.9. The van der Waals surface area contributed by atoms with Crippen LogP contribution >= 0.6 is 0 Å². The molecule has 0 aliphatic carbocycles. The van der Waals surface area contributed by atoms with Gasteiger partial charge < -0.3 is 10.2 Å². The second kappa shape index (κ2) is 6.81. The molecule has 1 aliphatic rings. The van der Waals surface area contributed by atoms with Crippen LogP contribution in [0.3, 0.4) is 0 Å². The molecule has 0 radical (unpaired) electrons. The summed E-state index contributed by atoms with van der Waals surface area (Å²) < 4.78 is 36.2. The molecule has 0 bridgehead atoms. The summed E-state index contributed by atoms with van der Waals surface area (Å²) in [5.74, 6) is -1.61. The molecule has 2 rings (SSSR count). The van der Waals surface area contributed by atoms with Crippen molar-refractivity contribution in [3.8, 4) is 0 Å². The van der Waals surface area contributed by atoms with Crippen molar-refractivity contribution in [3.63, 3.8) is 0 Å². The Morgan fingerprint density at radius 2 is 1.95 bits per heavy atom. The van der Waals surface area contributed by atoms with Gasteiger partial charge in [-0.1, -0.05) is 30.3 Å². The van der Waals surface area contributed by atoms with Gasteiger partial charge in [-0.25, -0.2) is 0 Å². The number of amides is 2. The number of benzene rings is 1. The maximum Gasteiger partial charge on any atom is 0.405 e. The molecule has 2 amide bonds. The zero-order chi connectivity index (χ0) is 16.2. The molecule has 4 nitrogen and oxygen atoms in total. The van der Waals surface area contributed by atoms with Crippen molar-refractivity contribution in [2.75, 3.05) is 19.6 Å². The molecule has 7 heteroatoms. The molecule has 1 atom stereocenters. The Morgan fingerprint density at radius 1 is 1.27 bits per heavy atom. The molecule has 1 fully saturated rings. The SMILES string of the molecule is O=C(NCC(F)(F)F)C1CC(=O)N(CCc2ccccc2)C1. The van der Waals surface area contributed by atoms with Gasteiger partial charge in [0.2, 0.25) is 11.8 Å². The second-order valence-corrected chi connectivity index (χ2v) is 5.31. The Kier molecular flexibility index (Phi) is 5.05. The monoisotopic (exact) mass is 314 g/mol. The first kappa shape index (κ1) is 16.3. The van der Waals surface area contributed by atoms with Crippen LogP contribution in [-0.4, -0.2) is 42.5 Å². The van der Waals surface area contributed by atoms with E-state index >= 15 is 0 Å². The van der Waals surface area contributed by atoms with Crippen LogP contribution in [0.25, 0.3) is 0 Å². The van der Waals surface area contributed by atoms with E-state index in [4.69, 9.17) is 0 Å². The minimum absolute atomic E-state index is 0.0293. The van der Waals surface area contributed by atoms with E-state index in [0.717, 1.165) is 5.56 Å². The Hall–Kier alpha value is -2.05. The van der Waals surface area contributed by atoms with Gasteiger partial charge in [0.05, 0.1) is 5.92 Å². The number of nitrogens with one attached hydrogen (secondary N) is 1. The van der Waals surface area contributed by atoms with Crippen molar-refractivity contribution < 1.29 is 22.8 Å². The summed E-state index contributed by atoms with van der Waals surface area (Å²) in [4.78, 5) is 25.0. The summed E-state index contributed by atoms with van der Waals surface area (Å²) in [7, 11) is 0. The minimum Gasteiger partial charge on any atom is -0.347 e. The summed E-state index contributed by atoms with van der Waals surface area (Å²) in [6.45, 7) is -0.720. The standard InChI is InChI=1S/C15H17F3N2O2/c16-15(17,18)10-19-14(22)12-8-13(21)20(9-12)7-6-11-4-2-1-3-5-11/h1-5,12H,6-10H2,(H,19,22). The van der Waals surface area contributed by atoms with Crippen molar-refractivity contribution >= 4 is 11.8 Å². The number of carbonyl (C=O) groups is 2. The molecule has 1 aromatic rings. The van der Waals surface area contributed by atoms with Crippen molar-refractivity contribution in [3.05, 3.63) is 35.9 Å². The number of likely N-dealkylation sites (tertiary alicyclic amines) is 1. The summed E-state index contributed by atoms with van der Waals surface area (Å²) in [6, 6.07) is 9.57. The lowest BCUT2D eigenvalue weighted by Gasteiger charge is -2.16. The Bertz CT molecular complexity index is 531. The van der Waals surface area contributed by atoms with E-state index in [1.54, 1.807) is 0 Å². The van der Waals surface area contributed by atoms with Crippen molar-refractivity contribution in [2.45, 2.75) is 19.0 Å². The number of halogens is 3. The van der Waals surface area contributed by atoms with Gasteiger partial charge in [-0.05, 0) is 12.0 Å². The molecule has 0 saturated carbocycles. The van der Waals surface area contributed by atoms with Gasteiger partial charge in [0, 0.05) is 19.5 Å². The molecule has 1 heterocycles. The number of rotatable bonds is 5. The molecular formula is C15H17F3N2O2. The van der Waals surface area contributed by atoms with Crippen molar-refractivity contribution in [1.29, 1.82) is 0 Å². The molecule has 1 aromatic carbocycles. The van der Waals surface area contributed by atoms with Gasteiger partial charge in [0.25, 0.3) is 0 Å². The maximum atomic E-state index is 12.1. The summed E-state index contributed by atoms with van der Waals surface area (Å²) in [6.07, 6.45) is -3.81. The van der Waals surface area contributed by atoms with E-state index in [-0.39, 0.29) is 18.9 Å². The number of nitrogens with zero attached hydrogens (tertiary/aromatic N) is 1. The molecular weight excluding hydrogens is 297 g/mol. The first-order valence-corrected chi connectivity index (χ1v) is 7.01. The molecule has 1 N–H and O–H groups in total. The zero-order valence-electron chi connectivity index (χ0n) is 11.9. The van der Waals surface area contributed by atoms with Crippen molar-refractivity contribution in [2.24, 2.45) is 5.92 Å². The normalized spacial score (nSPS) is 18.6. The van der Waals surface area contributed by atoms with Crippen LogP contribution in [0.15, 0.2) is 30.3 Å². The van der Waals surface area contributed by atoms with Gasteiger partial charge in [0.1, 0.15) is 6.54 Å². The van der Waals surface area contributed by atoms with E-state index in [9.17, 15) is 22.8 Å². The average Bonchev–Trinajstić information content (AvgIpc) is 2.84. The average molecular weight is 314 g/mol. The number of hydrogen-bond acceptors (Lipinski definition) is 2.